The molecule has 0 bridgehead atoms. The number of nitrogens with one attached hydrogen (secondary N) is 2. The number of fused-ring (bicyclic) bond motifs is 1. The first-order valence-electron chi connectivity index (χ1n) is 8.53. The minimum absolute atomic E-state index is 0.0653. The van der Waals surface area contributed by atoms with E-state index in [1.54, 1.807) is 6.92 Å². The number of ketones is 1. The Morgan fingerprint density at radius 3 is 2.70 bits per heavy atom. The summed E-state index contributed by atoms with van der Waals surface area (Å²) in [6.07, 6.45) is 1.15. The molecule has 1 fully saturated rings. The number of halogens is 4. The minimum atomic E-state index is -3.79. The second kappa shape index (κ2) is 7.38. The number of H-pyrrole nitrogens is 1. The molecule has 0 radical (unpaired) electrons. The van der Waals surface area contributed by atoms with E-state index < -0.39 is 34.0 Å². The number of carbonyl (C=O) groups excluding carboxylic acids is 2. The van der Waals surface area contributed by atoms with E-state index in [9.17, 15) is 22.8 Å². The zero-order chi connectivity index (χ0) is 19.8. The van der Waals surface area contributed by atoms with E-state index in [-0.39, 0.29) is 42.9 Å². The van der Waals surface area contributed by atoms with Crippen LogP contribution in [0.2, 0.25) is 5.02 Å². The second-order valence-electron chi connectivity index (χ2n) is 6.43. The maximum absolute atomic E-state index is 14.9. The molecule has 0 spiro atoms. The first-order chi connectivity index (χ1) is 12.8. The quantitative estimate of drug-likeness (QED) is 0.767. The normalized spacial score (nSPS) is 16.0. The Balaban J connectivity index is 1.84. The Bertz CT molecular complexity index is 878. The van der Waals surface area contributed by atoms with Crippen molar-refractivity contribution in [1.82, 2.24) is 20.4 Å². The molecule has 1 aliphatic rings. The minimum Gasteiger partial charge on any atom is -0.338 e. The van der Waals surface area contributed by atoms with Crippen molar-refractivity contribution >= 4 is 34.3 Å². The van der Waals surface area contributed by atoms with E-state index in [2.05, 4.69) is 15.5 Å². The van der Waals surface area contributed by atoms with Gasteiger partial charge in [-0.25, -0.2) is 9.18 Å². The van der Waals surface area contributed by atoms with Crippen molar-refractivity contribution in [1.29, 1.82) is 0 Å². The average molecular weight is 403 g/mol. The molecule has 0 atom stereocenters. The van der Waals surface area contributed by atoms with Crippen LogP contribution in [0.4, 0.5) is 18.0 Å². The Kier molecular flexibility index (Phi) is 5.32. The molecule has 10 heteroatoms. The molecule has 146 valence electrons. The summed E-state index contributed by atoms with van der Waals surface area (Å²) in [6, 6.07) is 0.890. The fraction of sp³-hybridized carbons (Fsp3) is 0.471. The zero-order valence-corrected chi connectivity index (χ0v) is 15.2. The van der Waals surface area contributed by atoms with Crippen molar-refractivity contribution < 1.29 is 22.8 Å². The van der Waals surface area contributed by atoms with E-state index >= 15 is 0 Å². The summed E-state index contributed by atoms with van der Waals surface area (Å²) in [5.74, 6) is -7.92. The van der Waals surface area contributed by atoms with Crippen molar-refractivity contribution in [2.45, 2.75) is 25.7 Å². The van der Waals surface area contributed by atoms with Crippen LogP contribution in [0.25, 0.3) is 10.9 Å². The number of nitrogens with zero attached hydrogens (tertiary/aromatic N) is 2. The highest BCUT2D eigenvalue weighted by Gasteiger charge is 2.50. The number of aromatic amines is 1. The number of carbonyl (C=O) groups is 2. The summed E-state index contributed by atoms with van der Waals surface area (Å²) in [5, 5.41) is 8.51. The smallest absolute Gasteiger partial charge is 0.317 e. The number of piperidine rings is 1. The van der Waals surface area contributed by atoms with Crippen LogP contribution in [0, 0.1) is 11.7 Å². The maximum Gasteiger partial charge on any atom is 0.317 e. The Morgan fingerprint density at radius 1 is 1.41 bits per heavy atom. The van der Waals surface area contributed by atoms with Crippen LogP contribution in [0.1, 0.15) is 30.1 Å². The van der Waals surface area contributed by atoms with Crippen LogP contribution in [0.3, 0.4) is 0 Å². The molecule has 0 saturated carbocycles. The van der Waals surface area contributed by atoms with E-state index in [1.165, 1.54) is 17.2 Å². The molecule has 1 aromatic carbocycles. The standard InChI is InChI=1S/C17H18ClF3N4O2/c1-2-22-16(27)25-5-3-10(4-6-25)17(20,21)15(26)12-13(19)11(18)7-9-8-23-24-14(9)12/h7-8,10H,2-6H2,1H3,(H,22,27)(H,23,24). The number of amides is 2. The zero-order valence-electron chi connectivity index (χ0n) is 14.5. The summed E-state index contributed by atoms with van der Waals surface area (Å²) >= 11 is 5.75. The van der Waals surface area contributed by atoms with Crippen LogP contribution < -0.4 is 5.32 Å². The van der Waals surface area contributed by atoms with Gasteiger partial charge >= 0.3 is 12.0 Å². The summed E-state index contributed by atoms with van der Waals surface area (Å²) < 4.78 is 44.2. The number of alkyl halides is 2. The third-order valence-corrected chi connectivity index (χ3v) is 5.06. The van der Waals surface area contributed by atoms with Gasteiger partial charge in [0.15, 0.2) is 5.82 Å². The number of hydrogen-bond acceptors (Lipinski definition) is 3. The predicted octanol–water partition coefficient (Wildman–Crippen LogP) is 3.61. The number of benzene rings is 1. The second-order valence-corrected chi connectivity index (χ2v) is 6.84. The summed E-state index contributed by atoms with van der Waals surface area (Å²) in [6.45, 7) is 2.38. The van der Waals surface area contributed by atoms with Gasteiger partial charge in [0, 0.05) is 30.9 Å². The molecule has 3 rings (SSSR count). The van der Waals surface area contributed by atoms with Gasteiger partial charge < -0.3 is 10.2 Å². The lowest BCUT2D eigenvalue weighted by molar-refractivity contribution is -0.0468. The monoisotopic (exact) mass is 402 g/mol. The first kappa shape index (κ1) is 19.5. The molecular weight excluding hydrogens is 385 g/mol. The van der Waals surface area contributed by atoms with Crippen LogP contribution in [-0.2, 0) is 0 Å². The van der Waals surface area contributed by atoms with Gasteiger partial charge in [-0.2, -0.15) is 13.9 Å². The molecule has 2 heterocycles. The number of urea groups is 1. The van der Waals surface area contributed by atoms with Crippen molar-refractivity contribution in [3.8, 4) is 0 Å². The van der Waals surface area contributed by atoms with E-state index in [0.717, 1.165) is 0 Å². The molecule has 2 aromatic rings. The molecule has 2 amide bonds. The molecule has 1 aliphatic heterocycles. The fourth-order valence-corrected chi connectivity index (χ4v) is 3.52. The van der Waals surface area contributed by atoms with Gasteiger partial charge in [-0.15, -0.1) is 0 Å². The topological polar surface area (TPSA) is 78.1 Å². The average Bonchev–Trinajstić information content (AvgIpc) is 3.10. The molecular formula is C17H18ClF3N4O2. The van der Waals surface area contributed by atoms with Crippen LogP contribution in [0.15, 0.2) is 12.3 Å². The highest BCUT2D eigenvalue weighted by Crippen LogP contribution is 2.38. The first-order valence-corrected chi connectivity index (χ1v) is 8.91. The molecule has 0 aliphatic carbocycles. The number of Topliss-reactive ketones (excluding diaryl/α,β-unsaturated/α-hetero) is 1. The Labute approximate surface area is 158 Å². The fourth-order valence-electron chi connectivity index (χ4n) is 3.31. The van der Waals surface area contributed by atoms with Crippen molar-refractivity contribution in [3.63, 3.8) is 0 Å². The van der Waals surface area contributed by atoms with Crippen LogP contribution >= 0.6 is 11.6 Å². The molecule has 1 saturated heterocycles. The van der Waals surface area contributed by atoms with Gasteiger partial charge in [0.1, 0.15) is 0 Å². The van der Waals surface area contributed by atoms with Crippen LogP contribution in [0.5, 0.6) is 0 Å². The molecule has 27 heavy (non-hydrogen) atoms. The number of likely N-dealkylation sites (tertiary alicyclic amines) is 1. The van der Waals surface area contributed by atoms with Gasteiger partial charge in [0.25, 0.3) is 0 Å². The van der Waals surface area contributed by atoms with Gasteiger partial charge in [-0.1, -0.05) is 11.6 Å². The van der Waals surface area contributed by atoms with E-state index in [1.807, 2.05) is 0 Å². The number of rotatable bonds is 4. The molecule has 6 nitrogen and oxygen atoms in total. The van der Waals surface area contributed by atoms with Crippen molar-refractivity contribution in [2.75, 3.05) is 19.6 Å². The summed E-state index contributed by atoms with van der Waals surface area (Å²) in [7, 11) is 0. The highest BCUT2D eigenvalue weighted by molar-refractivity contribution is 6.32. The van der Waals surface area contributed by atoms with E-state index in [4.69, 9.17) is 11.6 Å². The number of aromatic nitrogens is 2. The lowest BCUT2D eigenvalue weighted by Crippen LogP contribution is -2.49. The third kappa shape index (κ3) is 3.47. The van der Waals surface area contributed by atoms with Crippen molar-refractivity contribution in [3.05, 3.63) is 28.7 Å². The van der Waals surface area contributed by atoms with Crippen LogP contribution in [-0.4, -0.2) is 52.5 Å². The largest absolute Gasteiger partial charge is 0.338 e. The molecule has 0 unspecified atom stereocenters. The Morgan fingerprint density at radius 2 is 2.07 bits per heavy atom. The summed E-state index contributed by atoms with van der Waals surface area (Å²) in [5.41, 5.74) is -0.896. The Hall–Kier alpha value is -2.29. The maximum atomic E-state index is 14.9. The number of hydrogen-bond donors (Lipinski definition) is 2. The SMILES string of the molecule is CCNC(=O)N1CCC(C(F)(F)C(=O)c2c(F)c(Cl)cc3cn[nH]c23)CC1. The van der Waals surface area contributed by atoms with Gasteiger partial charge in [0.05, 0.1) is 22.3 Å². The third-order valence-electron chi connectivity index (χ3n) is 4.78. The molecule has 2 N–H and O–H groups in total. The van der Waals surface area contributed by atoms with E-state index in [0.29, 0.717) is 6.54 Å². The van der Waals surface area contributed by atoms with Crippen molar-refractivity contribution in [2.24, 2.45) is 5.92 Å². The van der Waals surface area contributed by atoms with Gasteiger partial charge in [0.2, 0.25) is 5.78 Å². The van der Waals surface area contributed by atoms with Gasteiger partial charge in [-0.05, 0) is 25.8 Å². The summed E-state index contributed by atoms with van der Waals surface area (Å²) in [4.78, 5) is 25.8. The lowest BCUT2D eigenvalue weighted by atomic mass is 9.85. The highest BCUT2D eigenvalue weighted by atomic mass is 35.5. The predicted molar refractivity (Wildman–Crippen MR) is 93.7 cm³/mol. The molecule has 1 aromatic heterocycles. The van der Waals surface area contributed by atoms with Gasteiger partial charge in [-0.3, -0.25) is 9.89 Å². The lowest BCUT2D eigenvalue weighted by Gasteiger charge is -2.35.